The van der Waals surface area contributed by atoms with Crippen LogP contribution in [0.3, 0.4) is 0 Å². The lowest BCUT2D eigenvalue weighted by Gasteiger charge is -2.54. The lowest BCUT2D eigenvalue weighted by Crippen LogP contribution is -2.67. The van der Waals surface area contributed by atoms with Crippen molar-refractivity contribution in [3.8, 4) is 0 Å². The van der Waals surface area contributed by atoms with E-state index in [4.69, 9.17) is 0 Å². The van der Waals surface area contributed by atoms with Crippen LogP contribution in [0.2, 0.25) is 0 Å². The molecule has 1 aromatic rings. The van der Waals surface area contributed by atoms with Gasteiger partial charge < -0.3 is 4.90 Å². The van der Waals surface area contributed by atoms with E-state index in [1.807, 2.05) is 38.7 Å². The van der Waals surface area contributed by atoms with E-state index in [-0.39, 0.29) is 68.3 Å². The Labute approximate surface area is 177 Å². The molecule has 6 heteroatoms. The minimum atomic E-state index is -1.32. The van der Waals surface area contributed by atoms with E-state index >= 15 is 0 Å². The van der Waals surface area contributed by atoms with Gasteiger partial charge in [0, 0.05) is 45.0 Å². The van der Waals surface area contributed by atoms with Gasteiger partial charge in [0.1, 0.15) is 39.8 Å². The first-order valence-electron chi connectivity index (χ1n) is 10.7. The van der Waals surface area contributed by atoms with Crippen LogP contribution >= 0.6 is 0 Å². The lowest BCUT2D eigenvalue weighted by molar-refractivity contribution is -0.159. The van der Waals surface area contributed by atoms with Gasteiger partial charge >= 0.3 is 0 Å². The quantitative estimate of drug-likeness (QED) is 0.661. The molecule has 1 saturated heterocycles. The molecule has 0 unspecified atom stereocenters. The van der Waals surface area contributed by atoms with Gasteiger partial charge in [-0.1, -0.05) is 33.8 Å². The zero-order valence-corrected chi connectivity index (χ0v) is 18.3. The minimum absolute atomic E-state index is 0.0187. The Morgan fingerprint density at radius 3 is 1.53 bits per heavy atom. The maximum atomic E-state index is 13.5. The van der Waals surface area contributed by atoms with Crippen molar-refractivity contribution < 1.29 is 19.2 Å². The van der Waals surface area contributed by atoms with Crippen LogP contribution in [0.15, 0.2) is 24.4 Å². The largest absolute Gasteiger partial charge is 0.354 e. The second-order valence-corrected chi connectivity index (χ2v) is 11.1. The summed E-state index contributed by atoms with van der Waals surface area (Å²) in [6.45, 7) is 8.05. The van der Waals surface area contributed by atoms with Gasteiger partial charge in [0.15, 0.2) is 0 Å². The highest BCUT2D eigenvalue weighted by molar-refractivity contribution is 6.15. The Kier molecular flexibility index (Phi) is 4.57. The third-order valence-corrected chi connectivity index (χ3v) is 7.19. The molecule has 2 aliphatic carbocycles. The second-order valence-electron chi connectivity index (χ2n) is 11.1. The number of hydrogen-bond acceptors (Lipinski definition) is 6. The summed E-state index contributed by atoms with van der Waals surface area (Å²) in [6.07, 6.45) is 2.77. The Bertz CT molecular complexity index is 836. The molecule has 4 rings (SSSR count). The van der Waals surface area contributed by atoms with E-state index in [2.05, 4.69) is 4.98 Å². The normalized spacial score (nSPS) is 27.0. The highest BCUT2D eigenvalue weighted by Crippen LogP contribution is 2.54. The molecule has 0 N–H and O–H groups in total. The average molecular weight is 411 g/mol. The molecule has 30 heavy (non-hydrogen) atoms. The van der Waals surface area contributed by atoms with Crippen LogP contribution in [0.25, 0.3) is 0 Å². The highest BCUT2D eigenvalue weighted by Gasteiger charge is 2.64. The fourth-order valence-corrected chi connectivity index (χ4v) is 5.64. The fourth-order valence-electron chi connectivity index (χ4n) is 5.64. The summed E-state index contributed by atoms with van der Waals surface area (Å²) in [5.74, 6) is 0.0126. The number of piperidine rings is 1. The number of carbonyl (C=O) groups is 4. The summed E-state index contributed by atoms with van der Waals surface area (Å²) in [4.78, 5) is 60.0. The first-order valence-corrected chi connectivity index (χ1v) is 10.7. The lowest BCUT2D eigenvalue weighted by atomic mass is 9.51. The van der Waals surface area contributed by atoms with E-state index < -0.39 is 21.7 Å². The molecule has 0 bridgehead atoms. The molecule has 0 radical (unpaired) electrons. The monoisotopic (exact) mass is 410 g/mol. The van der Waals surface area contributed by atoms with Gasteiger partial charge in [-0.25, -0.2) is 4.98 Å². The Balaban J connectivity index is 1.83. The Morgan fingerprint density at radius 1 is 0.733 bits per heavy atom. The van der Waals surface area contributed by atoms with Gasteiger partial charge in [-0.15, -0.1) is 0 Å². The summed E-state index contributed by atoms with van der Waals surface area (Å²) in [5, 5.41) is 0. The van der Waals surface area contributed by atoms with Crippen LogP contribution in [0.4, 0.5) is 5.82 Å². The molecule has 1 aromatic heterocycles. The number of pyridine rings is 1. The topological polar surface area (TPSA) is 84.4 Å². The van der Waals surface area contributed by atoms with Crippen LogP contribution in [0.5, 0.6) is 0 Å². The number of carbonyl (C=O) groups excluding carboxylic acids is 4. The third kappa shape index (κ3) is 3.21. The van der Waals surface area contributed by atoms with Crippen molar-refractivity contribution in [1.82, 2.24) is 4.98 Å². The van der Waals surface area contributed by atoms with Crippen molar-refractivity contribution in [2.24, 2.45) is 21.7 Å². The molecule has 0 aromatic carbocycles. The minimum Gasteiger partial charge on any atom is -0.354 e. The molecule has 0 atom stereocenters. The first-order chi connectivity index (χ1) is 13.9. The summed E-state index contributed by atoms with van der Waals surface area (Å²) < 4.78 is 0. The molecule has 160 valence electrons. The number of ketones is 4. The van der Waals surface area contributed by atoms with Gasteiger partial charge in [-0.3, -0.25) is 19.2 Å². The van der Waals surface area contributed by atoms with Crippen LogP contribution in [0, 0.1) is 21.7 Å². The van der Waals surface area contributed by atoms with Crippen LogP contribution in [0.1, 0.15) is 59.8 Å². The molecular formula is C24H30N2O4. The molecule has 2 heterocycles. The van der Waals surface area contributed by atoms with E-state index in [0.717, 1.165) is 0 Å². The van der Waals surface area contributed by atoms with Crippen LogP contribution in [-0.4, -0.2) is 41.2 Å². The molecule has 2 spiro atoms. The van der Waals surface area contributed by atoms with Crippen molar-refractivity contribution in [2.45, 2.75) is 59.8 Å². The van der Waals surface area contributed by atoms with Crippen molar-refractivity contribution in [3.63, 3.8) is 0 Å². The zero-order valence-electron chi connectivity index (χ0n) is 18.3. The molecule has 3 fully saturated rings. The van der Waals surface area contributed by atoms with Gasteiger partial charge in [-0.2, -0.15) is 0 Å². The molecule has 0 amide bonds. The van der Waals surface area contributed by atoms with E-state index in [1.54, 1.807) is 18.3 Å². The third-order valence-electron chi connectivity index (χ3n) is 7.19. The first kappa shape index (κ1) is 20.9. The molecule has 6 nitrogen and oxygen atoms in total. The summed E-state index contributed by atoms with van der Waals surface area (Å²) in [7, 11) is 0. The van der Waals surface area contributed by atoms with Gasteiger partial charge in [0.05, 0.1) is 0 Å². The molecule has 2 saturated carbocycles. The summed E-state index contributed by atoms with van der Waals surface area (Å²) >= 11 is 0. The maximum absolute atomic E-state index is 13.5. The zero-order chi connectivity index (χ0) is 21.9. The molecular weight excluding hydrogens is 380 g/mol. The summed E-state index contributed by atoms with van der Waals surface area (Å²) in [5.41, 5.74) is -3.44. The van der Waals surface area contributed by atoms with Crippen molar-refractivity contribution in [3.05, 3.63) is 24.4 Å². The number of rotatable bonds is 1. The predicted octanol–water partition coefficient (Wildman–Crippen LogP) is 3.18. The van der Waals surface area contributed by atoms with E-state index in [0.29, 0.717) is 5.82 Å². The number of hydrogen-bond donors (Lipinski definition) is 0. The second kappa shape index (κ2) is 6.56. The number of nitrogens with zero attached hydrogens (tertiary/aromatic N) is 2. The average Bonchev–Trinajstić information content (AvgIpc) is 2.64. The van der Waals surface area contributed by atoms with Crippen molar-refractivity contribution >= 4 is 29.0 Å². The standard InChI is InChI=1S/C24H30N2O4/c1-21(2)9-16(27)23(17(28)10-21)13-24(18(29)11-22(3,4)12-19(24)30)15-26(14-23)20-7-5-6-8-25-20/h5-8H,9-15H2,1-4H3. The molecule has 3 aliphatic rings. The van der Waals surface area contributed by atoms with E-state index in [9.17, 15) is 19.2 Å². The Morgan fingerprint density at radius 2 is 1.17 bits per heavy atom. The van der Waals surface area contributed by atoms with E-state index in [1.165, 1.54) is 0 Å². The van der Waals surface area contributed by atoms with Crippen molar-refractivity contribution in [1.29, 1.82) is 0 Å². The smallest absolute Gasteiger partial charge is 0.148 e. The van der Waals surface area contributed by atoms with Crippen LogP contribution < -0.4 is 4.90 Å². The SMILES string of the molecule is CC1(C)CC(=O)C2(CN(c3ccccn3)CC3(C2)C(=O)CC(C)(C)CC3=O)C(=O)C1. The van der Waals surface area contributed by atoms with Crippen molar-refractivity contribution in [2.75, 3.05) is 18.0 Å². The summed E-state index contributed by atoms with van der Waals surface area (Å²) in [6, 6.07) is 5.42. The van der Waals surface area contributed by atoms with Gasteiger partial charge in [0.25, 0.3) is 0 Å². The number of anilines is 1. The van der Waals surface area contributed by atoms with Crippen LogP contribution in [-0.2, 0) is 19.2 Å². The predicted molar refractivity (Wildman–Crippen MR) is 112 cm³/mol. The number of Topliss-reactive ketones (excluding diaryl/α,β-unsaturated/α-hetero) is 4. The number of aromatic nitrogens is 1. The molecule has 1 aliphatic heterocycles. The fraction of sp³-hybridized carbons (Fsp3) is 0.625. The highest BCUT2D eigenvalue weighted by atomic mass is 16.2. The maximum Gasteiger partial charge on any atom is 0.148 e. The van der Waals surface area contributed by atoms with Gasteiger partial charge in [0.2, 0.25) is 0 Å². The Hall–Kier alpha value is -2.37. The van der Waals surface area contributed by atoms with Gasteiger partial charge in [-0.05, 0) is 29.4 Å².